The molecular formula is C31H39N3O5S. The number of amides is 2. The first-order chi connectivity index (χ1) is 19.0. The molecule has 40 heavy (non-hydrogen) atoms. The summed E-state index contributed by atoms with van der Waals surface area (Å²) in [6.07, 6.45) is 1.34. The summed E-state index contributed by atoms with van der Waals surface area (Å²) >= 11 is 0. The third-order valence-corrected chi connectivity index (χ3v) is 7.57. The van der Waals surface area contributed by atoms with Crippen molar-refractivity contribution in [3.63, 3.8) is 0 Å². The lowest BCUT2D eigenvalue weighted by Gasteiger charge is -2.33. The summed E-state index contributed by atoms with van der Waals surface area (Å²) in [5, 5.41) is 2.98. The smallest absolute Gasteiger partial charge is 0.244 e. The zero-order chi connectivity index (χ0) is 29.3. The van der Waals surface area contributed by atoms with Crippen molar-refractivity contribution in [3.05, 3.63) is 95.6 Å². The first-order valence-corrected chi connectivity index (χ1v) is 15.1. The Labute approximate surface area is 238 Å². The predicted octanol–water partition coefficient (Wildman–Crippen LogP) is 4.18. The monoisotopic (exact) mass is 565 g/mol. The van der Waals surface area contributed by atoms with E-state index in [-0.39, 0.29) is 24.8 Å². The topological polar surface area (TPSA) is 96.0 Å². The Morgan fingerprint density at radius 2 is 1.57 bits per heavy atom. The zero-order valence-corrected chi connectivity index (χ0v) is 24.6. The summed E-state index contributed by atoms with van der Waals surface area (Å²) in [4.78, 5) is 29.2. The minimum Gasteiger partial charge on any atom is -0.497 e. The van der Waals surface area contributed by atoms with Crippen LogP contribution in [0.3, 0.4) is 0 Å². The Kier molecular flexibility index (Phi) is 10.7. The highest BCUT2D eigenvalue weighted by Crippen LogP contribution is 2.23. The molecular weight excluding hydrogens is 526 g/mol. The van der Waals surface area contributed by atoms with Crippen molar-refractivity contribution in [3.8, 4) is 5.75 Å². The summed E-state index contributed by atoms with van der Waals surface area (Å²) < 4.78 is 32.0. The van der Waals surface area contributed by atoms with Gasteiger partial charge in [0.1, 0.15) is 18.3 Å². The van der Waals surface area contributed by atoms with Crippen LogP contribution >= 0.6 is 0 Å². The van der Waals surface area contributed by atoms with Crippen LogP contribution < -0.4 is 14.4 Å². The molecule has 0 saturated carbocycles. The van der Waals surface area contributed by atoms with E-state index in [1.54, 1.807) is 24.3 Å². The van der Waals surface area contributed by atoms with Crippen LogP contribution in [0.4, 0.5) is 5.69 Å². The lowest BCUT2D eigenvalue weighted by Crippen LogP contribution is -2.53. The van der Waals surface area contributed by atoms with E-state index in [1.807, 2.05) is 75.4 Å². The maximum absolute atomic E-state index is 14.1. The predicted molar refractivity (Wildman–Crippen MR) is 159 cm³/mol. The summed E-state index contributed by atoms with van der Waals surface area (Å²) in [7, 11) is -2.31. The SMILES string of the molecule is COc1ccc(N(CC(=O)N(Cc2cccc(C)c2)C(Cc2ccccc2)C(=O)NCC(C)C)S(C)(=O)=O)cc1. The lowest BCUT2D eigenvalue weighted by molar-refractivity contribution is -0.140. The zero-order valence-electron chi connectivity index (χ0n) is 23.8. The van der Waals surface area contributed by atoms with Crippen LogP contribution in [0.15, 0.2) is 78.9 Å². The number of carbonyl (C=O) groups is 2. The van der Waals surface area contributed by atoms with E-state index in [2.05, 4.69) is 5.32 Å². The van der Waals surface area contributed by atoms with Gasteiger partial charge in [-0.05, 0) is 48.2 Å². The van der Waals surface area contributed by atoms with Gasteiger partial charge in [0.15, 0.2) is 0 Å². The van der Waals surface area contributed by atoms with E-state index >= 15 is 0 Å². The average Bonchev–Trinajstić information content (AvgIpc) is 2.92. The van der Waals surface area contributed by atoms with Crippen molar-refractivity contribution in [2.45, 2.75) is 39.8 Å². The van der Waals surface area contributed by atoms with Crippen LogP contribution in [0.25, 0.3) is 0 Å². The number of sulfonamides is 1. The van der Waals surface area contributed by atoms with Gasteiger partial charge >= 0.3 is 0 Å². The van der Waals surface area contributed by atoms with E-state index in [1.165, 1.54) is 12.0 Å². The Hall–Kier alpha value is -3.85. The van der Waals surface area contributed by atoms with Crippen LogP contribution in [0.1, 0.15) is 30.5 Å². The maximum Gasteiger partial charge on any atom is 0.244 e. The van der Waals surface area contributed by atoms with Crippen molar-refractivity contribution in [1.82, 2.24) is 10.2 Å². The number of ether oxygens (including phenoxy) is 1. The molecule has 2 amide bonds. The van der Waals surface area contributed by atoms with E-state index in [0.29, 0.717) is 18.0 Å². The van der Waals surface area contributed by atoms with Gasteiger partial charge in [0, 0.05) is 19.5 Å². The first-order valence-electron chi connectivity index (χ1n) is 13.3. The molecule has 0 saturated heterocycles. The number of benzene rings is 3. The highest BCUT2D eigenvalue weighted by atomic mass is 32.2. The van der Waals surface area contributed by atoms with Gasteiger partial charge in [-0.3, -0.25) is 13.9 Å². The van der Waals surface area contributed by atoms with Gasteiger partial charge in [0.25, 0.3) is 0 Å². The van der Waals surface area contributed by atoms with Gasteiger partial charge in [-0.15, -0.1) is 0 Å². The fraction of sp³-hybridized carbons (Fsp3) is 0.355. The second-order valence-electron chi connectivity index (χ2n) is 10.3. The van der Waals surface area contributed by atoms with Crippen molar-refractivity contribution in [2.75, 3.05) is 30.8 Å². The second-order valence-corrected chi connectivity index (χ2v) is 12.2. The summed E-state index contributed by atoms with van der Waals surface area (Å²) in [6.45, 7) is 6.11. The van der Waals surface area contributed by atoms with Gasteiger partial charge in [-0.1, -0.05) is 74.0 Å². The summed E-state index contributed by atoms with van der Waals surface area (Å²) in [6, 6.07) is 22.8. The second kappa shape index (κ2) is 14.0. The number of carbonyl (C=O) groups excluding carboxylic acids is 2. The Morgan fingerprint density at radius 1 is 0.925 bits per heavy atom. The molecule has 1 atom stereocenters. The Morgan fingerprint density at radius 3 is 2.15 bits per heavy atom. The molecule has 1 unspecified atom stereocenters. The molecule has 0 aliphatic carbocycles. The van der Waals surface area contributed by atoms with Crippen LogP contribution in [0, 0.1) is 12.8 Å². The summed E-state index contributed by atoms with van der Waals surface area (Å²) in [5.74, 6) is 0.0182. The fourth-order valence-electron chi connectivity index (χ4n) is 4.35. The van der Waals surface area contributed by atoms with Crippen molar-refractivity contribution in [2.24, 2.45) is 5.92 Å². The highest BCUT2D eigenvalue weighted by Gasteiger charge is 2.33. The number of methoxy groups -OCH3 is 1. The average molecular weight is 566 g/mol. The molecule has 0 bridgehead atoms. The van der Waals surface area contributed by atoms with E-state index in [4.69, 9.17) is 4.74 Å². The van der Waals surface area contributed by atoms with Crippen LogP contribution in [-0.2, 0) is 32.6 Å². The molecule has 0 fully saturated rings. The first kappa shape index (κ1) is 30.7. The number of hydrogen-bond acceptors (Lipinski definition) is 5. The standard InChI is InChI=1S/C31H39N3O5S/c1-23(2)20-32-31(36)29(19-25-11-7-6-8-12-25)33(21-26-13-9-10-24(3)18-26)30(35)22-34(40(5,37)38)27-14-16-28(39-4)17-15-27/h6-18,23,29H,19-22H2,1-5H3,(H,32,36). The molecule has 1 N–H and O–H groups in total. The summed E-state index contributed by atoms with van der Waals surface area (Å²) in [5.41, 5.74) is 3.09. The molecule has 3 aromatic rings. The number of aryl methyl sites for hydroxylation is 1. The molecule has 0 spiro atoms. The number of anilines is 1. The lowest BCUT2D eigenvalue weighted by atomic mass is 10.0. The molecule has 0 aliphatic rings. The van der Waals surface area contributed by atoms with Gasteiger partial charge in [0.2, 0.25) is 21.8 Å². The molecule has 0 aliphatic heterocycles. The van der Waals surface area contributed by atoms with Crippen LogP contribution in [0.2, 0.25) is 0 Å². The third kappa shape index (κ3) is 8.84. The minimum atomic E-state index is -3.83. The quantitative estimate of drug-likeness (QED) is 0.336. The molecule has 0 heterocycles. The van der Waals surface area contributed by atoms with Gasteiger partial charge < -0.3 is 15.0 Å². The Balaban J connectivity index is 2.03. The minimum absolute atomic E-state index is 0.146. The molecule has 9 heteroatoms. The Bertz CT molecular complexity index is 1380. The van der Waals surface area contributed by atoms with E-state index < -0.39 is 28.5 Å². The molecule has 214 valence electrons. The largest absolute Gasteiger partial charge is 0.497 e. The van der Waals surface area contributed by atoms with Crippen LogP contribution in [0.5, 0.6) is 5.75 Å². The molecule has 0 radical (unpaired) electrons. The maximum atomic E-state index is 14.1. The van der Waals surface area contributed by atoms with Crippen molar-refractivity contribution < 1.29 is 22.7 Å². The van der Waals surface area contributed by atoms with Crippen LogP contribution in [-0.4, -0.2) is 57.6 Å². The number of rotatable bonds is 13. The van der Waals surface area contributed by atoms with Gasteiger partial charge in [0.05, 0.1) is 19.1 Å². The van der Waals surface area contributed by atoms with Crippen molar-refractivity contribution >= 4 is 27.5 Å². The molecule has 0 aromatic heterocycles. The number of nitrogens with one attached hydrogen (secondary N) is 1. The molecule has 3 rings (SSSR count). The third-order valence-electron chi connectivity index (χ3n) is 6.43. The van der Waals surface area contributed by atoms with E-state index in [0.717, 1.165) is 27.3 Å². The number of nitrogens with zero attached hydrogens (tertiary/aromatic N) is 2. The van der Waals surface area contributed by atoms with Gasteiger partial charge in [-0.2, -0.15) is 0 Å². The van der Waals surface area contributed by atoms with Gasteiger partial charge in [-0.25, -0.2) is 8.42 Å². The molecule has 8 nitrogen and oxygen atoms in total. The fourth-order valence-corrected chi connectivity index (χ4v) is 5.20. The number of hydrogen-bond donors (Lipinski definition) is 1. The normalized spacial score (nSPS) is 12.1. The van der Waals surface area contributed by atoms with Crippen molar-refractivity contribution in [1.29, 1.82) is 0 Å². The highest BCUT2D eigenvalue weighted by molar-refractivity contribution is 7.92. The van der Waals surface area contributed by atoms with E-state index in [9.17, 15) is 18.0 Å². The molecule has 3 aromatic carbocycles.